The Labute approximate surface area is 257 Å². The van der Waals surface area contributed by atoms with Gasteiger partial charge in [-0.3, -0.25) is 4.79 Å². The molecule has 1 aliphatic rings. The van der Waals surface area contributed by atoms with Gasteiger partial charge < -0.3 is 28.5 Å². The molecule has 0 spiro atoms. The van der Waals surface area contributed by atoms with E-state index in [4.69, 9.17) is 23.4 Å². The highest BCUT2D eigenvalue weighted by molar-refractivity contribution is 6.74. The smallest absolute Gasteiger partial charge is 0.192 e. The number of rotatable bonds is 15. The van der Waals surface area contributed by atoms with Crippen LogP contribution < -0.4 is 0 Å². The maximum Gasteiger partial charge on any atom is 0.192 e. The van der Waals surface area contributed by atoms with Gasteiger partial charge in [-0.05, 0) is 43.5 Å². The standard InChI is InChI=1S/C34H60O7Si/c1-22(2)31-24(4)28(39-34(9,10)40-31)19-27(35)23(3)30(36)25(5)32(41-42(12,13)33(6,7)8)29(37-11)21-38-20-26-17-15-14-16-18-26/h14-18,22-25,28-32,36H,19-21H2,1-13H3/t23-,24+,25+,28-,29+,30+,31-,32-/m1/s1. The second kappa shape index (κ2) is 15.2. The van der Waals surface area contributed by atoms with E-state index in [1.54, 1.807) is 7.11 Å². The summed E-state index contributed by atoms with van der Waals surface area (Å²) in [5.41, 5.74) is 1.08. The fourth-order valence-corrected chi connectivity index (χ4v) is 6.94. The van der Waals surface area contributed by atoms with Crippen molar-refractivity contribution >= 4 is 14.1 Å². The third-order valence-corrected chi connectivity index (χ3v) is 13.9. The number of ketones is 1. The number of carbonyl (C=O) groups excluding carboxylic acids is 1. The Morgan fingerprint density at radius 3 is 2.19 bits per heavy atom. The van der Waals surface area contributed by atoms with E-state index in [1.807, 2.05) is 58.0 Å². The molecule has 242 valence electrons. The van der Waals surface area contributed by atoms with Crippen LogP contribution in [-0.2, 0) is 34.8 Å². The fourth-order valence-electron chi connectivity index (χ4n) is 5.54. The minimum Gasteiger partial charge on any atom is -0.411 e. The summed E-state index contributed by atoms with van der Waals surface area (Å²) in [6, 6.07) is 10.0. The molecule has 0 aliphatic carbocycles. The Bertz CT molecular complexity index is 958. The molecule has 1 heterocycles. The third-order valence-electron chi connectivity index (χ3n) is 9.40. The molecule has 42 heavy (non-hydrogen) atoms. The summed E-state index contributed by atoms with van der Waals surface area (Å²) in [6.07, 6.45) is -1.87. The summed E-state index contributed by atoms with van der Waals surface area (Å²) in [5, 5.41) is 11.6. The largest absolute Gasteiger partial charge is 0.411 e. The first-order valence-corrected chi connectivity index (χ1v) is 18.6. The van der Waals surface area contributed by atoms with Crippen LogP contribution in [0.1, 0.15) is 81.2 Å². The first kappa shape index (κ1) is 37.1. The average Bonchev–Trinajstić information content (AvgIpc) is 2.90. The minimum absolute atomic E-state index is 0.00795. The highest BCUT2D eigenvalue weighted by Gasteiger charge is 2.46. The molecule has 2 rings (SSSR count). The van der Waals surface area contributed by atoms with Gasteiger partial charge in [0.25, 0.3) is 0 Å². The molecule has 1 aliphatic heterocycles. The van der Waals surface area contributed by atoms with E-state index < -0.39 is 38.3 Å². The number of methoxy groups -OCH3 is 1. The predicted molar refractivity (Wildman–Crippen MR) is 171 cm³/mol. The molecule has 7 nitrogen and oxygen atoms in total. The number of Topliss-reactive ketones (excluding diaryl/α,β-unsaturated/α-hetero) is 1. The van der Waals surface area contributed by atoms with Crippen LogP contribution in [0.15, 0.2) is 30.3 Å². The van der Waals surface area contributed by atoms with Crippen LogP contribution in [0.25, 0.3) is 0 Å². The molecule has 1 fully saturated rings. The summed E-state index contributed by atoms with van der Waals surface area (Å²) in [5.74, 6) is -1.42. The quantitative estimate of drug-likeness (QED) is 0.214. The van der Waals surface area contributed by atoms with Gasteiger partial charge in [0.05, 0.1) is 37.6 Å². The molecule has 0 radical (unpaired) electrons. The second-order valence-corrected chi connectivity index (χ2v) is 19.4. The zero-order valence-corrected chi connectivity index (χ0v) is 29.6. The van der Waals surface area contributed by atoms with Crippen LogP contribution in [0.2, 0.25) is 18.1 Å². The van der Waals surface area contributed by atoms with E-state index >= 15 is 0 Å². The normalized spacial score (nSPS) is 25.1. The van der Waals surface area contributed by atoms with Crippen molar-refractivity contribution in [3.8, 4) is 0 Å². The number of aliphatic hydroxyl groups excluding tert-OH is 1. The van der Waals surface area contributed by atoms with E-state index in [2.05, 4.69) is 54.6 Å². The number of carbonyl (C=O) groups is 1. The van der Waals surface area contributed by atoms with E-state index in [1.165, 1.54) is 0 Å². The Balaban J connectivity index is 2.22. The summed E-state index contributed by atoms with van der Waals surface area (Å²) in [7, 11) is -0.609. The lowest BCUT2D eigenvalue weighted by molar-refractivity contribution is -0.325. The van der Waals surface area contributed by atoms with Crippen molar-refractivity contribution in [3.63, 3.8) is 0 Å². The lowest BCUT2D eigenvalue weighted by Crippen LogP contribution is -2.54. The van der Waals surface area contributed by atoms with Crippen molar-refractivity contribution in [2.24, 2.45) is 23.7 Å². The van der Waals surface area contributed by atoms with Gasteiger partial charge in [-0.15, -0.1) is 0 Å². The number of aliphatic hydroxyl groups is 1. The molecule has 1 saturated heterocycles. The second-order valence-electron chi connectivity index (χ2n) is 14.7. The van der Waals surface area contributed by atoms with Crippen LogP contribution in [0.3, 0.4) is 0 Å². The minimum atomic E-state index is -2.27. The number of benzene rings is 1. The van der Waals surface area contributed by atoms with Gasteiger partial charge in [0.1, 0.15) is 11.9 Å². The topological polar surface area (TPSA) is 83.5 Å². The number of hydrogen-bond donors (Lipinski definition) is 1. The molecule has 1 aromatic rings. The van der Waals surface area contributed by atoms with Crippen LogP contribution in [-0.4, -0.2) is 69.2 Å². The highest BCUT2D eigenvalue weighted by Crippen LogP contribution is 2.40. The van der Waals surface area contributed by atoms with Crippen molar-refractivity contribution < 1.29 is 33.3 Å². The lowest BCUT2D eigenvalue weighted by atomic mass is 9.81. The zero-order chi connectivity index (χ0) is 32.0. The van der Waals surface area contributed by atoms with Crippen molar-refractivity contribution in [1.82, 2.24) is 0 Å². The van der Waals surface area contributed by atoms with Gasteiger partial charge in [-0.25, -0.2) is 0 Å². The molecule has 1 N–H and O–H groups in total. The lowest BCUT2D eigenvalue weighted by Gasteiger charge is -2.47. The molecule has 0 saturated carbocycles. The van der Waals surface area contributed by atoms with Crippen molar-refractivity contribution in [2.75, 3.05) is 13.7 Å². The van der Waals surface area contributed by atoms with Crippen LogP contribution in [0, 0.1) is 23.7 Å². The SMILES string of the molecule is CO[C@@H](COCc1ccccc1)[C@H](O[Si](C)(C)C(C)(C)C)[C@@H](C)[C@@H](O)[C@H](C)C(=O)C[C@H]1OC(C)(C)O[C@H](C(C)C)[C@H]1C. The van der Waals surface area contributed by atoms with E-state index in [0.29, 0.717) is 19.1 Å². The highest BCUT2D eigenvalue weighted by atomic mass is 28.4. The monoisotopic (exact) mass is 608 g/mol. The first-order valence-electron chi connectivity index (χ1n) is 15.7. The Kier molecular flexibility index (Phi) is 13.4. The molecule has 0 amide bonds. The van der Waals surface area contributed by atoms with Crippen molar-refractivity contribution in [3.05, 3.63) is 35.9 Å². The maximum atomic E-state index is 13.7. The summed E-state index contributed by atoms with van der Waals surface area (Å²) < 4.78 is 31.4. The van der Waals surface area contributed by atoms with Gasteiger partial charge in [0, 0.05) is 31.3 Å². The molecule has 8 heteroatoms. The zero-order valence-electron chi connectivity index (χ0n) is 28.6. The van der Waals surface area contributed by atoms with Crippen LogP contribution >= 0.6 is 0 Å². The van der Waals surface area contributed by atoms with Crippen LogP contribution in [0.4, 0.5) is 0 Å². The molecule has 1 aromatic carbocycles. The molecule has 0 bridgehead atoms. The fraction of sp³-hybridized carbons (Fsp3) is 0.794. The van der Waals surface area contributed by atoms with Gasteiger partial charge in [-0.2, -0.15) is 0 Å². The third kappa shape index (κ3) is 9.94. The van der Waals surface area contributed by atoms with Gasteiger partial charge in [0.2, 0.25) is 0 Å². The molecular weight excluding hydrogens is 548 g/mol. The summed E-state index contributed by atoms with van der Waals surface area (Å²) in [4.78, 5) is 13.7. The van der Waals surface area contributed by atoms with Gasteiger partial charge in [-0.1, -0.05) is 85.7 Å². The number of hydrogen-bond acceptors (Lipinski definition) is 7. The maximum absolute atomic E-state index is 13.7. The first-order chi connectivity index (χ1) is 19.3. The Morgan fingerprint density at radius 2 is 1.67 bits per heavy atom. The summed E-state index contributed by atoms with van der Waals surface area (Å²) >= 11 is 0. The van der Waals surface area contributed by atoms with Crippen LogP contribution in [0.5, 0.6) is 0 Å². The van der Waals surface area contributed by atoms with E-state index in [-0.39, 0.29) is 41.3 Å². The molecular formula is C34H60O7Si. The van der Waals surface area contributed by atoms with Gasteiger partial charge in [0.15, 0.2) is 14.1 Å². The van der Waals surface area contributed by atoms with Gasteiger partial charge >= 0.3 is 0 Å². The van der Waals surface area contributed by atoms with Crippen molar-refractivity contribution in [1.29, 1.82) is 0 Å². The summed E-state index contributed by atoms with van der Waals surface area (Å²) in [6.45, 7) is 25.7. The molecule has 0 aromatic heterocycles. The molecule has 8 atom stereocenters. The van der Waals surface area contributed by atoms with Crippen molar-refractivity contribution in [2.45, 2.75) is 137 Å². The Morgan fingerprint density at radius 1 is 1.07 bits per heavy atom. The van der Waals surface area contributed by atoms with E-state index in [0.717, 1.165) is 5.56 Å². The molecule has 0 unspecified atom stereocenters. The predicted octanol–water partition coefficient (Wildman–Crippen LogP) is 7.01. The average molecular weight is 609 g/mol. The Hall–Kier alpha value is -1.13. The number of ether oxygens (including phenoxy) is 4. The van der Waals surface area contributed by atoms with E-state index in [9.17, 15) is 9.90 Å².